The van der Waals surface area contributed by atoms with E-state index in [4.69, 9.17) is 21.4 Å². The van der Waals surface area contributed by atoms with Gasteiger partial charge in [-0.2, -0.15) is 4.31 Å². The number of carbonyl (C=O) groups is 1. The molecule has 2 aromatic rings. The number of sulfonamides is 1. The fourth-order valence-electron chi connectivity index (χ4n) is 2.63. The molecule has 0 saturated carbocycles. The van der Waals surface area contributed by atoms with E-state index >= 15 is 0 Å². The van der Waals surface area contributed by atoms with Gasteiger partial charge in [0.1, 0.15) is 18.5 Å². The molecule has 0 aliphatic heterocycles. The van der Waals surface area contributed by atoms with Crippen molar-refractivity contribution in [1.29, 1.82) is 0 Å². The number of amides is 1. The van der Waals surface area contributed by atoms with Crippen molar-refractivity contribution in [3.63, 3.8) is 0 Å². The van der Waals surface area contributed by atoms with E-state index in [1.54, 1.807) is 24.3 Å². The van der Waals surface area contributed by atoms with Crippen LogP contribution in [-0.2, 0) is 14.8 Å². The first-order valence-corrected chi connectivity index (χ1v) is 11.1. The molecule has 1 atom stereocenters. The molecule has 0 aliphatic rings. The number of benzene rings is 2. The van der Waals surface area contributed by atoms with Gasteiger partial charge in [0, 0.05) is 37.3 Å². The van der Waals surface area contributed by atoms with Gasteiger partial charge in [-0.15, -0.1) is 0 Å². The van der Waals surface area contributed by atoms with Crippen molar-refractivity contribution < 1.29 is 28.2 Å². The summed E-state index contributed by atoms with van der Waals surface area (Å²) in [5, 5.41) is 22.5. The van der Waals surface area contributed by atoms with Crippen LogP contribution in [0.15, 0.2) is 53.4 Å². The minimum atomic E-state index is -3.88. The van der Waals surface area contributed by atoms with Gasteiger partial charge in [-0.25, -0.2) is 8.42 Å². The largest absolute Gasteiger partial charge is 0.491 e. The number of aliphatic hydroxyl groups is 2. The molecule has 0 bridgehead atoms. The van der Waals surface area contributed by atoms with E-state index in [0.29, 0.717) is 16.5 Å². The lowest BCUT2D eigenvalue weighted by Gasteiger charge is -2.24. The van der Waals surface area contributed by atoms with Gasteiger partial charge < -0.3 is 20.3 Å². The maximum atomic E-state index is 12.9. The van der Waals surface area contributed by atoms with E-state index in [-0.39, 0.29) is 43.5 Å². The molecule has 2 rings (SSSR count). The molecule has 10 heteroatoms. The molecule has 0 aromatic heterocycles. The predicted octanol–water partition coefficient (Wildman–Crippen LogP) is 2.11. The molecule has 2 aromatic carbocycles. The van der Waals surface area contributed by atoms with Gasteiger partial charge in [0.05, 0.1) is 4.90 Å². The van der Waals surface area contributed by atoms with Crippen molar-refractivity contribution in [2.75, 3.05) is 31.6 Å². The van der Waals surface area contributed by atoms with Gasteiger partial charge in [0.15, 0.2) is 0 Å². The minimum Gasteiger partial charge on any atom is -0.491 e. The third-order valence-electron chi connectivity index (χ3n) is 4.05. The summed E-state index contributed by atoms with van der Waals surface area (Å²) in [6.45, 7) is 0.936. The first kappa shape index (κ1) is 24.1. The molecule has 8 nitrogen and oxygen atoms in total. The van der Waals surface area contributed by atoms with E-state index in [2.05, 4.69) is 5.32 Å². The van der Waals surface area contributed by atoms with Gasteiger partial charge in [0.25, 0.3) is 0 Å². The Morgan fingerprint density at radius 3 is 2.37 bits per heavy atom. The fraction of sp³-hybridized carbons (Fsp3) is 0.350. The Hall–Kier alpha value is -2.17. The summed E-state index contributed by atoms with van der Waals surface area (Å²) in [6, 6.07) is 12.3. The Labute approximate surface area is 181 Å². The number of anilines is 1. The Balaban J connectivity index is 2.01. The van der Waals surface area contributed by atoms with E-state index in [1.165, 1.54) is 31.2 Å². The third-order valence-corrected chi connectivity index (χ3v) is 6.18. The zero-order valence-electron chi connectivity index (χ0n) is 16.5. The number of aliphatic hydroxyl groups excluding tert-OH is 2. The number of nitrogens with zero attached hydrogens (tertiary/aromatic N) is 1. The molecule has 30 heavy (non-hydrogen) atoms. The van der Waals surface area contributed by atoms with Crippen LogP contribution in [0, 0.1) is 0 Å². The van der Waals surface area contributed by atoms with Gasteiger partial charge in [-0.3, -0.25) is 4.79 Å². The molecule has 0 fully saturated rings. The number of carbonyl (C=O) groups excluding carboxylic acids is 1. The van der Waals surface area contributed by atoms with Crippen LogP contribution in [0.5, 0.6) is 5.75 Å². The second-order valence-electron chi connectivity index (χ2n) is 6.56. The van der Waals surface area contributed by atoms with E-state index in [9.17, 15) is 18.3 Å². The van der Waals surface area contributed by atoms with Crippen molar-refractivity contribution in [2.45, 2.75) is 24.3 Å². The highest BCUT2D eigenvalue weighted by molar-refractivity contribution is 7.89. The van der Waals surface area contributed by atoms with Gasteiger partial charge in [0.2, 0.25) is 15.9 Å². The Morgan fingerprint density at radius 2 is 1.80 bits per heavy atom. The number of halogens is 1. The van der Waals surface area contributed by atoms with Gasteiger partial charge >= 0.3 is 0 Å². The standard InChI is InChI=1S/C20H25ClN2O6S/c1-15(25)22-17-5-7-19(8-6-17)29-14-18(26)13-23(11-2-12-24)30(27,28)20-9-3-16(21)4-10-20/h3-10,18,24,26H,2,11-14H2,1H3,(H,22,25). The fourth-order valence-corrected chi connectivity index (χ4v) is 4.27. The summed E-state index contributed by atoms with van der Waals surface area (Å²) in [6.07, 6.45) is -0.869. The van der Waals surface area contributed by atoms with Crippen molar-refractivity contribution in [2.24, 2.45) is 0 Å². The van der Waals surface area contributed by atoms with Crippen molar-refractivity contribution in [3.05, 3.63) is 53.6 Å². The zero-order valence-corrected chi connectivity index (χ0v) is 18.1. The van der Waals surface area contributed by atoms with Gasteiger partial charge in [-0.05, 0) is 55.0 Å². The summed E-state index contributed by atoms with van der Waals surface area (Å²) in [5.74, 6) is 0.273. The smallest absolute Gasteiger partial charge is 0.243 e. The normalized spacial score (nSPS) is 12.6. The number of nitrogens with one attached hydrogen (secondary N) is 1. The van der Waals surface area contributed by atoms with Crippen LogP contribution < -0.4 is 10.1 Å². The van der Waals surface area contributed by atoms with Crippen LogP contribution >= 0.6 is 11.6 Å². The first-order valence-electron chi connectivity index (χ1n) is 9.27. The average molecular weight is 457 g/mol. The van der Waals surface area contributed by atoms with Crippen LogP contribution in [0.4, 0.5) is 5.69 Å². The quantitative estimate of drug-likeness (QED) is 0.477. The molecule has 0 radical (unpaired) electrons. The van der Waals surface area contributed by atoms with Crippen LogP contribution in [0.25, 0.3) is 0 Å². The van der Waals surface area contributed by atoms with Gasteiger partial charge in [-0.1, -0.05) is 11.6 Å². The SMILES string of the molecule is CC(=O)Nc1ccc(OCC(O)CN(CCCO)S(=O)(=O)c2ccc(Cl)cc2)cc1. The van der Waals surface area contributed by atoms with E-state index in [0.717, 1.165) is 4.31 Å². The highest BCUT2D eigenvalue weighted by Gasteiger charge is 2.26. The van der Waals surface area contributed by atoms with E-state index in [1.807, 2.05) is 0 Å². The lowest BCUT2D eigenvalue weighted by atomic mass is 10.3. The molecule has 0 saturated heterocycles. The van der Waals surface area contributed by atoms with Crippen LogP contribution in [0.1, 0.15) is 13.3 Å². The summed E-state index contributed by atoms with van der Waals surface area (Å²) in [7, 11) is -3.88. The summed E-state index contributed by atoms with van der Waals surface area (Å²) in [5.41, 5.74) is 0.611. The molecule has 0 aliphatic carbocycles. The average Bonchev–Trinajstić information content (AvgIpc) is 2.70. The van der Waals surface area contributed by atoms with E-state index < -0.39 is 16.1 Å². The molecule has 3 N–H and O–H groups in total. The second-order valence-corrected chi connectivity index (χ2v) is 8.94. The van der Waals surface area contributed by atoms with Crippen molar-refractivity contribution in [3.8, 4) is 5.75 Å². The Morgan fingerprint density at radius 1 is 1.17 bits per heavy atom. The Bertz CT molecular complexity index is 919. The van der Waals surface area contributed by atoms with Crippen LogP contribution in [0.2, 0.25) is 5.02 Å². The van der Waals surface area contributed by atoms with Crippen molar-refractivity contribution >= 4 is 33.2 Å². The number of ether oxygens (including phenoxy) is 1. The number of rotatable bonds is 11. The molecule has 1 unspecified atom stereocenters. The predicted molar refractivity (Wildman–Crippen MR) is 114 cm³/mol. The molecule has 164 valence electrons. The van der Waals surface area contributed by atoms with Crippen LogP contribution in [0.3, 0.4) is 0 Å². The summed E-state index contributed by atoms with van der Waals surface area (Å²) >= 11 is 5.82. The summed E-state index contributed by atoms with van der Waals surface area (Å²) in [4.78, 5) is 11.1. The first-order chi connectivity index (χ1) is 14.2. The van der Waals surface area contributed by atoms with Crippen LogP contribution in [-0.4, -0.2) is 61.3 Å². The zero-order chi connectivity index (χ0) is 22.1. The van der Waals surface area contributed by atoms with Crippen molar-refractivity contribution in [1.82, 2.24) is 4.31 Å². The topological polar surface area (TPSA) is 116 Å². The lowest BCUT2D eigenvalue weighted by molar-refractivity contribution is -0.114. The molecular weight excluding hydrogens is 432 g/mol. The number of hydrogen-bond acceptors (Lipinski definition) is 6. The molecular formula is C20H25ClN2O6S. The highest BCUT2D eigenvalue weighted by atomic mass is 35.5. The maximum Gasteiger partial charge on any atom is 0.243 e. The minimum absolute atomic E-state index is 0.0456. The molecule has 0 heterocycles. The third kappa shape index (κ3) is 7.26. The highest BCUT2D eigenvalue weighted by Crippen LogP contribution is 2.20. The monoisotopic (exact) mass is 456 g/mol. The molecule has 0 spiro atoms. The Kier molecular flexibility index (Phi) is 9.07. The second kappa shape index (κ2) is 11.3. The number of hydrogen-bond donors (Lipinski definition) is 3. The lowest BCUT2D eigenvalue weighted by Crippen LogP contribution is -2.40. The summed E-state index contributed by atoms with van der Waals surface area (Å²) < 4.78 is 32.4. The molecule has 1 amide bonds. The maximum absolute atomic E-state index is 12.9.